The maximum atomic E-state index is 14.7. The number of rotatable bonds is 7. The molecule has 2 N–H and O–H groups in total. The van der Waals surface area contributed by atoms with E-state index in [1.54, 1.807) is 16.6 Å². The molecule has 12 heteroatoms. The molecule has 2 fully saturated rings. The minimum Gasteiger partial charge on any atom is -0.483 e. The van der Waals surface area contributed by atoms with E-state index in [9.17, 15) is 23.2 Å². The zero-order valence-electron chi connectivity index (χ0n) is 23.8. The topological polar surface area (TPSA) is 107 Å². The van der Waals surface area contributed by atoms with Gasteiger partial charge in [-0.05, 0) is 31.4 Å². The lowest BCUT2D eigenvalue weighted by atomic mass is 9.88. The van der Waals surface area contributed by atoms with Crippen LogP contribution in [-0.4, -0.2) is 56.3 Å². The summed E-state index contributed by atoms with van der Waals surface area (Å²) < 4.78 is 43.3. The van der Waals surface area contributed by atoms with E-state index in [-0.39, 0.29) is 42.1 Å². The Bertz CT molecular complexity index is 1640. The monoisotopic (exact) mass is 610 g/mol. The van der Waals surface area contributed by atoms with E-state index in [4.69, 9.17) is 15.2 Å². The highest BCUT2D eigenvalue weighted by Gasteiger charge is 2.56. The number of ether oxygens (including phenoxy) is 2. The third-order valence-electron chi connectivity index (χ3n) is 8.73. The van der Waals surface area contributed by atoms with Gasteiger partial charge < -0.3 is 24.7 Å². The number of pyridine rings is 1. The second kappa shape index (κ2) is 11.4. The second-order valence-electron chi connectivity index (χ2n) is 11.3. The standard InChI is InChI=1S/C31H32F2N4O5S/c1-18-10-11-31(13-25(41-2)37(43-31)14-20-8-9-21(32)12-23(20)33)24-16-35(18)30(40)26-28(42-17-19-6-4-3-5-7-19)27(38)22(29(34)39)15-36(24)26/h3-9,12,15,18,24-25H,10-11,13-14,16-17H2,1-2H3,(H2,34,39)/t18-,24+,25?,31+/m0/s1. The maximum absolute atomic E-state index is 14.7. The molecule has 3 aromatic rings. The van der Waals surface area contributed by atoms with Crippen molar-refractivity contribution in [1.82, 2.24) is 13.8 Å². The summed E-state index contributed by atoms with van der Waals surface area (Å²) in [5, 5.41) is 0. The van der Waals surface area contributed by atoms with Crippen molar-refractivity contribution >= 4 is 23.8 Å². The van der Waals surface area contributed by atoms with E-state index in [1.807, 2.05) is 41.6 Å². The van der Waals surface area contributed by atoms with Gasteiger partial charge in [0.25, 0.3) is 11.8 Å². The average Bonchev–Trinajstić information content (AvgIpc) is 3.29. The van der Waals surface area contributed by atoms with Crippen molar-refractivity contribution in [3.63, 3.8) is 0 Å². The van der Waals surface area contributed by atoms with Crippen LogP contribution in [-0.2, 0) is 17.9 Å². The Labute approximate surface area is 251 Å². The molecule has 6 rings (SSSR count). The van der Waals surface area contributed by atoms with Gasteiger partial charge in [-0.15, -0.1) is 0 Å². The zero-order chi connectivity index (χ0) is 30.5. The van der Waals surface area contributed by atoms with Gasteiger partial charge in [-0.3, -0.25) is 14.4 Å². The van der Waals surface area contributed by atoms with Gasteiger partial charge in [0.05, 0.1) is 10.8 Å². The largest absolute Gasteiger partial charge is 0.483 e. The Hall–Kier alpha value is -3.74. The molecular weight excluding hydrogens is 578 g/mol. The number of nitrogens with two attached hydrogens (primary N) is 1. The predicted octanol–water partition coefficient (Wildman–Crippen LogP) is 4.25. The molecule has 4 atom stereocenters. The number of carbonyl (C=O) groups is 2. The molecule has 9 nitrogen and oxygen atoms in total. The number of benzene rings is 2. The van der Waals surface area contributed by atoms with Crippen molar-refractivity contribution in [2.24, 2.45) is 5.73 Å². The van der Waals surface area contributed by atoms with E-state index in [2.05, 4.69) is 0 Å². The van der Waals surface area contributed by atoms with Crippen molar-refractivity contribution in [2.45, 2.75) is 62.4 Å². The van der Waals surface area contributed by atoms with E-state index in [0.29, 0.717) is 31.4 Å². The van der Waals surface area contributed by atoms with Gasteiger partial charge in [-0.2, -0.15) is 0 Å². The lowest BCUT2D eigenvalue weighted by Gasteiger charge is -2.43. The number of hydrogen-bond acceptors (Lipinski definition) is 7. The van der Waals surface area contributed by atoms with E-state index >= 15 is 0 Å². The van der Waals surface area contributed by atoms with Crippen LogP contribution in [0.3, 0.4) is 0 Å². The Morgan fingerprint density at radius 1 is 1.16 bits per heavy atom. The Morgan fingerprint density at radius 2 is 1.93 bits per heavy atom. The summed E-state index contributed by atoms with van der Waals surface area (Å²) in [6.07, 6.45) is 2.84. The lowest BCUT2D eigenvalue weighted by Crippen LogP contribution is -2.51. The van der Waals surface area contributed by atoms with Gasteiger partial charge in [0.1, 0.15) is 30.0 Å². The van der Waals surface area contributed by atoms with Crippen LogP contribution in [0, 0.1) is 11.6 Å². The molecule has 2 amide bonds. The van der Waals surface area contributed by atoms with Crippen molar-refractivity contribution in [2.75, 3.05) is 13.7 Å². The van der Waals surface area contributed by atoms with E-state index in [0.717, 1.165) is 11.6 Å². The van der Waals surface area contributed by atoms with Crippen LogP contribution in [0.5, 0.6) is 5.75 Å². The molecule has 3 aliphatic heterocycles. The average molecular weight is 611 g/mol. The summed E-state index contributed by atoms with van der Waals surface area (Å²) in [5.41, 5.74) is 5.85. The Morgan fingerprint density at radius 3 is 2.63 bits per heavy atom. The lowest BCUT2D eigenvalue weighted by molar-refractivity contribution is 0.0138. The SMILES string of the molecule is COC1C[C@@]2(CC[C@H](C)N3C[C@H]2n2cc(C(N)=O)c(=O)c(OCc4ccccc4)c2C3=O)SN1Cc1ccc(F)cc1F. The number of nitrogens with zero attached hydrogens (tertiary/aromatic N) is 3. The van der Waals surface area contributed by atoms with Crippen LogP contribution in [0.15, 0.2) is 59.5 Å². The highest BCUT2D eigenvalue weighted by atomic mass is 32.2. The predicted molar refractivity (Wildman–Crippen MR) is 156 cm³/mol. The van der Waals surface area contributed by atoms with E-state index in [1.165, 1.54) is 30.3 Å². The molecule has 2 saturated heterocycles. The number of primary amides is 1. The first-order chi connectivity index (χ1) is 20.6. The van der Waals surface area contributed by atoms with Gasteiger partial charge in [-0.1, -0.05) is 48.3 Å². The molecule has 0 radical (unpaired) electrons. The van der Waals surface area contributed by atoms with Crippen molar-refractivity contribution in [1.29, 1.82) is 0 Å². The maximum Gasteiger partial charge on any atom is 0.274 e. The molecule has 3 aliphatic rings. The number of aromatic nitrogens is 1. The first kappa shape index (κ1) is 29.3. The van der Waals surface area contributed by atoms with Gasteiger partial charge in [0.15, 0.2) is 11.4 Å². The highest BCUT2D eigenvalue weighted by Crippen LogP contribution is 2.56. The molecule has 2 bridgehead atoms. The minimum atomic E-state index is -0.918. The summed E-state index contributed by atoms with van der Waals surface area (Å²) in [7, 11) is 1.58. The first-order valence-corrected chi connectivity index (χ1v) is 14.9. The summed E-state index contributed by atoms with van der Waals surface area (Å²) in [6, 6.07) is 12.2. The first-order valence-electron chi connectivity index (χ1n) is 14.1. The number of methoxy groups -OCH3 is 1. The number of hydrogen-bond donors (Lipinski definition) is 1. The van der Waals surface area contributed by atoms with Crippen LogP contribution in [0.2, 0.25) is 0 Å². The van der Waals surface area contributed by atoms with Crippen LogP contribution >= 0.6 is 11.9 Å². The number of fused-ring (bicyclic) bond motifs is 5. The third-order valence-corrected chi connectivity index (χ3v) is 10.3. The summed E-state index contributed by atoms with van der Waals surface area (Å²) >= 11 is 1.51. The van der Waals surface area contributed by atoms with Gasteiger partial charge >= 0.3 is 0 Å². The molecule has 43 heavy (non-hydrogen) atoms. The number of carbonyl (C=O) groups excluding carboxylic acids is 2. The minimum absolute atomic E-state index is 0.0153. The second-order valence-corrected chi connectivity index (χ2v) is 12.8. The fourth-order valence-electron chi connectivity index (χ4n) is 6.40. The summed E-state index contributed by atoms with van der Waals surface area (Å²) in [4.78, 5) is 41.8. The molecule has 1 aromatic heterocycles. The molecular formula is C31H32F2N4O5S. The summed E-state index contributed by atoms with van der Waals surface area (Å²) in [5.74, 6) is -2.78. The molecule has 0 saturated carbocycles. The van der Waals surface area contributed by atoms with Crippen molar-refractivity contribution in [3.05, 3.63) is 99.0 Å². The van der Waals surface area contributed by atoms with Gasteiger partial charge in [0.2, 0.25) is 5.43 Å². The fourth-order valence-corrected chi connectivity index (χ4v) is 8.08. The number of halogens is 2. The molecule has 1 spiro atoms. The van der Waals surface area contributed by atoms with Gasteiger partial charge in [-0.25, -0.2) is 13.1 Å². The van der Waals surface area contributed by atoms with Crippen LogP contribution in [0.4, 0.5) is 8.78 Å². The summed E-state index contributed by atoms with van der Waals surface area (Å²) in [6.45, 7) is 2.48. The van der Waals surface area contributed by atoms with Crippen LogP contribution < -0.4 is 15.9 Å². The van der Waals surface area contributed by atoms with Crippen molar-refractivity contribution in [3.8, 4) is 5.75 Å². The quantitative estimate of drug-likeness (QED) is 0.399. The van der Waals surface area contributed by atoms with Crippen molar-refractivity contribution < 1.29 is 27.8 Å². The molecule has 1 unspecified atom stereocenters. The molecule has 0 aliphatic carbocycles. The Kier molecular flexibility index (Phi) is 7.78. The number of amides is 2. The van der Waals surface area contributed by atoms with Crippen LogP contribution in [0.25, 0.3) is 0 Å². The van der Waals surface area contributed by atoms with Gasteiger partial charge in [0, 0.05) is 50.5 Å². The Balaban J connectivity index is 1.45. The molecule has 4 heterocycles. The smallest absolute Gasteiger partial charge is 0.274 e. The van der Waals surface area contributed by atoms with E-state index < -0.39 is 40.0 Å². The molecule has 2 aromatic carbocycles. The third kappa shape index (κ3) is 5.21. The highest BCUT2D eigenvalue weighted by molar-refractivity contribution is 7.98. The molecule has 226 valence electrons. The normalized spacial score (nSPS) is 25.1. The zero-order valence-corrected chi connectivity index (χ0v) is 24.6. The fraction of sp³-hybridized carbons (Fsp3) is 0.387. The van der Waals surface area contributed by atoms with Crippen LogP contribution in [0.1, 0.15) is 64.2 Å².